The Kier molecular flexibility index (Phi) is 5.81. The van der Waals surface area contributed by atoms with E-state index in [2.05, 4.69) is 21.2 Å². The summed E-state index contributed by atoms with van der Waals surface area (Å²) in [7, 11) is 0. The molecule has 29 heavy (non-hydrogen) atoms. The van der Waals surface area contributed by atoms with Crippen molar-refractivity contribution in [2.45, 2.75) is 25.8 Å². The molecule has 4 rings (SSSR count). The SMILES string of the molecule is O=C(Cc1ccc(N2CCCC2=O)cc1)NCc1ccc(-c2ccc(Br)cc2)o1. The molecule has 0 radical (unpaired) electrons. The smallest absolute Gasteiger partial charge is 0.227 e. The summed E-state index contributed by atoms with van der Waals surface area (Å²) in [4.78, 5) is 25.9. The van der Waals surface area contributed by atoms with Gasteiger partial charge in [0.15, 0.2) is 0 Å². The standard InChI is InChI=1S/C23H21BrN2O3/c24-18-7-5-17(6-8-18)21-12-11-20(29-21)15-25-22(27)14-16-3-9-19(10-4-16)26-13-1-2-23(26)28/h3-12H,1-2,13-15H2,(H,25,27). The number of hydrogen-bond acceptors (Lipinski definition) is 3. The number of anilines is 1. The Hall–Kier alpha value is -2.86. The molecule has 5 nitrogen and oxygen atoms in total. The second-order valence-corrected chi connectivity index (χ2v) is 7.96. The zero-order valence-electron chi connectivity index (χ0n) is 15.9. The Labute approximate surface area is 177 Å². The first kappa shape index (κ1) is 19.5. The molecule has 0 spiro atoms. The number of rotatable bonds is 6. The highest BCUT2D eigenvalue weighted by Crippen LogP contribution is 2.24. The quantitative estimate of drug-likeness (QED) is 0.589. The highest BCUT2D eigenvalue weighted by Gasteiger charge is 2.21. The molecule has 2 aromatic carbocycles. The fourth-order valence-corrected chi connectivity index (χ4v) is 3.66. The number of nitrogens with zero attached hydrogens (tertiary/aromatic N) is 1. The summed E-state index contributed by atoms with van der Waals surface area (Å²) in [6.45, 7) is 1.11. The minimum atomic E-state index is -0.0726. The van der Waals surface area contributed by atoms with Crippen molar-refractivity contribution in [3.05, 3.63) is 76.5 Å². The van der Waals surface area contributed by atoms with Crippen LogP contribution < -0.4 is 10.2 Å². The van der Waals surface area contributed by atoms with Gasteiger partial charge in [0.1, 0.15) is 11.5 Å². The van der Waals surface area contributed by atoms with Gasteiger partial charge in [0.2, 0.25) is 11.8 Å². The van der Waals surface area contributed by atoms with Gasteiger partial charge in [-0.1, -0.05) is 40.2 Å². The number of furan rings is 1. The van der Waals surface area contributed by atoms with E-state index in [1.165, 1.54) is 0 Å². The van der Waals surface area contributed by atoms with Gasteiger partial charge in [-0.15, -0.1) is 0 Å². The van der Waals surface area contributed by atoms with Crippen molar-refractivity contribution in [2.24, 2.45) is 0 Å². The number of hydrogen-bond donors (Lipinski definition) is 1. The molecule has 0 saturated carbocycles. The van der Waals surface area contributed by atoms with Crippen molar-refractivity contribution in [3.8, 4) is 11.3 Å². The van der Waals surface area contributed by atoms with Gasteiger partial charge >= 0.3 is 0 Å². The molecule has 1 saturated heterocycles. The zero-order chi connectivity index (χ0) is 20.2. The maximum absolute atomic E-state index is 12.3. The van der Waals surface area contributed by atoms with Gasteiger partial charge in [0.25, 0.3) is 0 Å². The third-order valence-electron chi connectivity index (χ3n) is 4.94. The van der Waals surface area contributed by atoms with Crippen LogP contribution in [-0.4, -0.2) is 18.4 Å². The Bertz CT molecular complexity index is 1010. The van der Waals surface area contributed by atoms with Crippen LogP contribution in [0.15, 0.2) is 69.6 Å². The van der Waals surface area contributed by atoms with E-state index in [9.17, 15) is 9.59 Å². The predicted octanol–water partition coefficient (Wildman–Crippen LogP) is 4.69. The topological polar surface area (TPSA) is 62.6 Å². The number of carbonyl (C=O) groups excluding carboxylic acids is 2. The van der Waals surface area contributed by atoms with Crippen LogP contribution in [0.1, 0.15) is 24.2 Å². The molecule has 2 heterocycles. The summed E-state index contributed by atoms with van der Waals surface area (Å²) in [6.07, 6.45) is 1.80. The number of nitrogens with one attached hydrogen (secondary N) is 1. The lowest BCUT2D eigenvalue weighted by molar-refractivity contribution is -0.120. The third kappa shape index (κ3) is 4.77. The Morgan fingerprint density at radius 3 is 2.48 bits per heavy atom. The van der Waals surface area contributed by atoms with Crippen molar-refractivity contribution < 1.29 is 14.0 Å². The Morgan fingerprint density at radius 2 is 1.79 bits per heavy atom. The Morgan fingerprint density at radius 1 is 1.03 bits per heavy atom. The van der Waals surface area contributed by atoms with E-state index < -0.39 is 0 Å². The zero-order valence-corrected chi connectivity index (χ0v) is 17.4. The molecular formula is C23H21BrN2O3. The van der Waals surface area contributed by atoms with Crippen LogP contribution in [-0.2, 0) is 22.6 Å². The summed E-state index contributed by atoms with van der Waals surface area (Å²) in [5, 5.41) is 2.89. The molecule has 1 aromatic heterocycles. The first-order chi connectivity index (χ1) is 14.1. The van der Waals surface area contributed by atoms with Gasteiger partial charge in [0.05, 0.1) is 13.0 Å². The average Bonchev–Trinajstić information content (AvgIpc) is 3.37. The van der Waals surface area contributed by atoms with Gasteiger partial charge in [-0.3, -0.25) is 9.59 Å². The maximum Gasteiger partial charge on any atom is 0.227 e. The second-order valence-electron chi connectivity index (χ2n) is 7.04. The first-order valence-corrected chi connectivity index (χ1v) is 10.4. The normalized spacial score (nSPS) is 13.7. The number of amides is 2. The van der Waals surface area contributed by atoms with Crippen molar-refractivity contribution in [2.75, 3.05) is 11.4 Å². The van der Waals surface area contributed by atoms with Crippen molar-refractivity contribution in [3.63, 3.8) is 0 Å². The highest BCUT2D eigenvalue weighted by molar-refractivity contribution is 9.10. The van der Waals surface area contributed by atoms with E-state index in [4.69, 9.17) is 4.42 Å². The van der Waals surface area contributed by atoms with E-state index in [-0.39, 0.29) is 18.2 Å². The molecular weight excluding hydrogens is 432 g/mol. The summed E-state index contributed by atoms with van der Waals surface area (Å²) in [5.74, 6) is 1.57. The van der Waals surface area contributed by atoms with Crippen LogP contribution in [0.4, 0.5) is 5.69 Å². The van der Waals surface area contributed by atoms with E-state index >= 15 is 0 Å². The molecule has 1 N–H and O–H groups in total. The summed E-state index contributed by atoms with van der Waals surface area (Å²) in [6, 6.07) is 19.3. The highest BCUT2D eigenvalue weighted by atomic mass is 79.9. The molecule has 0 unspecified atom stereocenters. The Balaban J connectivity index is 1.30. The lowest BCUT2D eigenvalue weighted by atomic mass is 10.1. The minimum absolute atomic E-state index is 0.0726. The molecule has 1 aliphatic rings. The largest absolute Gasteiger partial charge is 0.459 e. The lowest BCUT2D eigenvalue weighted by Gasteiger charge is -2.15. The maximum atomic E-state index is 12.3. The monoisotopic (exact) mass is 452 g/mol. The molecule has 148 valence electrons. The van der Waals surface area contributed by atoms with Crippen LogP contribution in [0.3, 0.4) is 0 Å². The summed E-state index contributed by atoms with van der Waals surface area (Å²) < 4.78 is 6.84. The summed E-state index contributed by atoms with van der Waals surface area (Å²) >= 11 is 3.42. The van der Waals surface area contributed by atoms with Gasteiger partial charge in [0, 0.05) is 28.7 Å². The van der Waals surface area contributed by atoms with Gasteiger partial charge in [-0.2, -0.15) is 0 Å². The number of halogens is 1. The van der Waals surface area contributed by atoms with Gasteiger partial charge < -0.3 is 14.6 Å². The van der Waals surface area contributed by atoms with E-state index in [1.807, 2.05) is 60.7 Å². The second kappa shape index (κ2) is 8.66. The van der Waals surface area contributed by atoms with Crippen LogP contribution >= 0.6 is 15.9 Å². The fraction of sp³-hybridized carbons (Fsp3) is 0.217. The van der Waals surface area contributed by atoms with Crippen LogP contribution in [0.2, 0.25) is 0 Å². The van der Waals surface area contributed by atoms with Crippen LogP contribution in [0.25, 0.3) is 11.3 Å². The molecule has 1 fully saturated rings. The summed E-state index contributed by atoms with van der Waals surface area (Å²) in [5.41, 5.74) is 2.79. The van der Waals surface area contributed by atoms with Crippen LogP contribution in [0, 0.1) is 0 Å². The third-order valence-corrected chi connectivity index (χ3v) is 5.46. The number of carbonyl (C=O) groups is 2. The molecule has 0 aliphatic carbocycles. The van der Waals surface area contributed by atoms with Crippen LogP contribution in [0.5, 0.6) is 0 Å². The molecule has 0 atom stereocenters. The number of benzene rings is 2. The molecule has 6 heteroatoms. The molecule has 3 aromatic rings. The van der Waals surface area contributed by atoms with E-state index in [0.717, 1.165) is 40.0 Å². The van der Waals surface area contributed by atoms with E-state index in [0.29, 0.717) is 18.7 Å². The molecule has 0 bridgehead atoms. The molecule has 1 aliphatic heterocycles. The van der Waals surface area contributed by atoms with Crippen molar-refractivity contribution >= 4 is 33.4 Å². The first-order valence-electron chi connectivity index (χ1n) is 9.59. The average molecular weight is 453 g/mol. The fourth-order valence-electron chi connectivity index (χ4n) is 3.39. The predicted molar refractivity (Wildman–Crippen MR) is 115 cm³/mol. The van der Waals surface area contributed by atoms with Gasteiger partial charge in [-0.05, 0) is 48.4 Å². The minimum Gasteiger partial charge on any atom is -0.459 e. The van der Waals surface area contributed by atoms with Gasteiger partial charge in [-0.25, -0.2) is 0 Å². The molecule has 2 amide bonds. The van der Waals surface area contributed by atoms with Crippen molar-refractivity contribution in [1.82, 2.24) is 5.32 Å². The van der Waals surface area contributed by atoms with Crippen molar-refractivity contribution in [1.29, 1.82) is 0 Å². The lowest BCUT2D eigenvalue weighted by Crippen LogP contribution is -2.25. The van der Waals surface area contributed by atoms with E-state index in [1.54, 1.807) is 4.90 Å².